The Labute approximate surface area is 90.0 Å². The Hall–Kier alpha value is -0.640. The van der Waals surface area contributed by atoms with E-state index in [1.807, 2.05) is 4.90 Å². The SMILES string of the molecule is CC1CCN(C(=O)[C@H]2C[C@@H](F)CN2)CC1. The number of piperidine rings is 1. The molecule has 4 heteroatoms. The Balaban J connectivity index is 1.85. The zero-order valence-corrected chi connectivity index (χ0v) is 9.21. The molecule has 1 N–H and O–H groups in total. The van der Waals surface area contributed by atoms with Crippen LogP contribution in [0.2, 0.25) is 0 Å². The van der Waals surface area contributed by atoms with Crippen LogP contribution in [0.1, 0.15) is 26.2 Å². The highest BCUT2D eigenvalue weighted by molar-refractivity contribution is 5.82. The van der Waals surface area contributed by atoms with E-state index in [2.05, 4.69) is 12.2 Å². The number of hydrogen-bond acceptors (Lipinski definition) is 2. The van der Waals surface area contributed by atoms with Crippen molar-refractivity contribution in [2.24, 2.45) is 5.92 Å². The quantitative estimate of drug-likeness (QED) is 0.704. The van der Waals surface area contributed by atoms with E-state index in [1.165, 1.54) is 0 Å². The molecule has 15 heavy (non-hydrogen) atoms. The molecule has 0 aliphatic carbocycles. The molecular formula is C11H19FN2O. The molecule has 2 saturated heterocycles. The summed E-state index contributed by atoms with van der Waals surface area (Å²) in [4.78, 5) is 13.8. The first-order valence-electron chi connectivity index (χ1n) is 5.83. The second-order valence-electron chi connectivity index (χ2n) is 4.80. The Morgan fingerprint density at radius 3 is 2.60 bits per heavy atom. The van der Waals surface area contributed by atoms with E-state index in [-0.39, 0.29) is 11.9 Å². The molecule has 86 valence electrons. The Kier molecular flexibility index (Phi) is 3.24. The summed E-state index contributed by atoms with van der Waals surface area (Å²) in [7, 11) is 0. The number of likely N-dealkylation sites (tertiary alicyclic amines) is 1. The van der Waals surface area contributed by atoms with Gasteiger partial charge in [0.1, 0.15) is 6.17 Å². The minimum Gasteiger partial charge on any atom is -0.341 e. The van der Waals surface area contributed by atoms with Gasteiger partial charge in [-0.2, -0.15) is 0 Å². The first-order chi connectivity index (χ1) is 7.16. The molecule has 2 heterocycles. The fourth-order valence-electron chi connectivity index (χ4n) is 2.33. The molecule has 2 atom stereocenters. The number of amides is 1. The lowest BCUT2D eigenvalue weighted by atomic mass is 9.98. The normalized spacial score (nSPS) is 33.3. The van der Waals surface area contributed by atoms with Gasteiger partial charge < -0.3 is 10.2 Å². The van der Waals surface area contributed by atoms with E-state index in [9.17, 15) is 9.18 Å². The van der Waals surface area contributed by atoms with E-state index in [4.69, 9.17) is 0 Å². The van der Waals surface area contributed by atoms with Crippen molar-refractivity contribution in [3.63, 3.8) is 0 Å². The summed E-state index contributed by atoms with van der Waals surface area (Å²) >= 11 is 0. The number of halogens is 1. The van der Waals surface area contributed by atoms with Gasteiger partial charge in [-0.3, -0.25) is 4.79 Å². The highest BCUT2D eigenvalue weighted by Crippen LogP contribution is 2.19. The standard InChI is InChI=1S/C11H19FN2O/c1-8-2-4-14(5-3-8)11(15)10-6-9(12)7-13-10/h8-10,13H,2-7H2,1H3/t9-,10-/m1/s1. The van der Waals surface area contributed by atoms with Crippen molar-refractivity contribution in [2.45, 2.75) is 38.4 Å². The number of alkyl halides is 1. The van der Waals surface area contributed by atoms with Crippen molar-refractivity contribution < 1.29 is 9.18 Å². The lowest BCUT2D eigenvalue weighted by Crippen LogP contribution is -2.46. The van der Waals surface area contributed by atoms with Gasteiger partial charge in [0.15, 0.2) is 0 Å². The van der Waals surface area contributed by atoms with Gasteiger partial charge in [0.2, 0.25) is 5.91 Å². The highest BCUT2D eigenvalue weighted by atomic mass is 19.1. The third kappa shape index (κ3) is 2.48. The number of carbonyl (C=O) groups excluding carboxylic acids is 1. The molecule has 0 aromatic heterocycles. The molecular weight excluding hydrogens is 195 g/mol. The maximum Gasteiger partial charge on any atom is 0.239 e. The number of carbonyl (C=O) groups is 1. The molecule has 2 aliphatic rings. The third-order valence-corrected chi connectivity index (χ3v) is 3.47. The molecule has 3 nitrogen and oxygen atoms in total. The summed E-state index contributed by atoms with van der Waals surface area (Å²) in [6.45, 7) is 4.23. The monoisotopic (exact) mass is 214 g/mol. The van der Waals surface area contributed by atoms with E-state index < -0.39 is 6.17 Å². The lowest BCUT2D eigenvalue weighted by Gasteiger charge is -2.32. The van der Waals surface area contributed by atoms with Gasteiger partial charge in [-0.1, -0.05) is 6.92 Å². The molecule has 0 bridgehead atoms. The first kappa shape index (κ1) is 10.9. The van der Waals surface area contributed by atoms with Crippen LogP contribution in [0.15, 0.2) is 0 Å². The van der Waals surface area contributed by atoms with Gasteiger partial charge in [0, 0.05) is 26.1 Å². The minimum atomic E-state index is -0.845. The summed E-state index contributed by atoms with van der Waals surface area (Å²) in [5.41, 5.74) is 0. The molecule has 0 saturated carbocycles. The summed E-state index contributed by atoms with van der Waals surface area (Å²) in [6, 6.07) is -0.270. The van der Waals surface area contributed by atoms with Crippen LogP contribution in [0.4, 0.5) is 4.39 Å². The van der Waals surface area contributed by atoms with Gasteiger partial charge >= 0.3 is 0 Å². The largest absolute Gasteiger partial charge is 0.341 e. The van der Waals surface area contributed by atoms with Crippen LogP contribution in [0.5, 0.6) is 0 Å². The molecule has 2 fully saturated rings. The van der Waals surface area contributed by atoms with Gasteiger partial charge in [-0.15, -0.1) is 0 Å². The van der Waals surface area contributed by atoms with Crippen molar-refractivity contribution in [3.05, 3.63) is 0 Å². The van der Waals surface area contributed by atoms with E-state index >= 15 is 0 Å². The Bertz CT molecular complexity index is 239. The fourth-order valence-corrected chi connectivity index (χ4v) is 2.33. The Morgan fingerprint density at radius 2 is 2.07 bits per heavy atom. The van der Waals surface area contributed by atoms with E-state index in [0.29, 0.717) is 13.0 Å². The Morgan fingerprint density at radius 1 is 1.40 bits per heavy atom. The predicted molar refractivity (Wildman–Crippen MR) is 56.3 cm³/mol. The minimum absolute atomic E-state index is 0.0991. The van der Waals surface area contributed by atoms with Gasteiger partial charge in [0.05, 0.1) is 6.04 Å². The lowest BCUT2D eigenvalue weighted by molar-refractivity contribution is -0.134. The van der Waals surface area contributed by atoms with Crippen molar-refractivity contribution in [1.82, 2.24) is 10.2 Å². The average Bonchev–Trinajstić information content (AvgIpc) is 2.65. The zero-order chi connectivity index (χ0) is 10.8. The summed E-state index contributed by atoms with van der Waals surface area (Å²) < 4.78 is 12.9. The maximum absolute atomic E-state index is 12.9. The van der Waals surface area contributed by atoms with Crippen molar-refractivity contribution in [3.8, 4) is 0 Å². The van der Waals surface area contributed by atoms with E-state index in [1.54, 1.807) is 0 Å². The van der Waals surface area contributed by atoms with Gasteiger partial charge in [0.25, 0.3) is 0 Å². The molecule has 0 unspecified atom stereocenters. The zero-order valence-electron chi connectivity index (χ0n) is 9.21. The first-order valence-corrected chi connectivity index (χ1v) is 5.83. The number of hydrogen-bond donors (Lipinski definition) is 1. The average molecular weight is 214 g/mol. The van der Waals surface area contributed by atoms with E-state index in [0.717, 1.165) is 31.8 Å². The van der Waals surface area contributed by atoms with Crippen molar-refractivity contribution >= 4 is 5.91 Å². The molecule has 0 spiro atoms. The number of nitrogens with zero attached hydrogens (tertiary/aromatic N) is 1. The fraction of sp³-hybridized carbons (Fsp3) is 0.909. The summed E-state index contributed by atoms with van der Waals surface area (Å²) in [5, 5.41) is 2.95. The highest BCUT2D eigenvalue weighted by Gasteiger charge is 2.33. The molecule has 2 rings (SSSR count). The van der Waals surface area contributed by atoms with Crippen LogP contribution in [0.25, 0.3) is 0 Å². The van der Waals surface area contributed by atoms with Crippen LogP contribution in [0, 0.1) is 5.92 Å². The van der Waals surface area contributed by atoms with Crippen LogP contribution >= 0.6 is 0 Å². The van der Waals surface area contributed by atoms with Crippen LogP contribution in [-0.2, 0) is 4.79 Å². The van der Waals surface area contributed by atoms with Crippen molar-refractivity contribution in [2.75, 3.05) is 19.6 Å². The molecule has 0 aromatic carbocycles. The van der Waals surface area contributed by atoms with Crippen LogP contribution < -0.4 is 5.32 Å². The molecule has 0 aromatic rings. The number of nitrogens with one attached hydrogen (secondary N) is 1. The third-order valence-electron chi connectivity index (χ3n) is 3.47. The van der Waals surface area contributed by atoms with Gasteiger partial charge in [-0.25, -0.2) is 4.39 Å². The smallest absolute Gasteiger partial charge is 0.239 e. The summed E-state index contributed by atoms with van der Waals surface area (Å²) in [5.74, 6) is 0.821. The topological polar surface area (TPSA) is 32.3 Å². The number of rotatable bonds is 1. The summed E-state index contributed by atoms with van der Waals surface area (Å²) in [6.07, 6.45) is 1.67. The molecule has 0 radical (unpaired) electrons. The molecule has 2 aliphatic heterocycles. The maximum atomic E-state index is 12.9. The van der Waals surface area contributed by atoms with Crippen LogP contribution in [0.3, 0.4) is 0 Å². The molecule has 1 amide bonds. The van der Waals surface area contributed by atoms with Gasteiger partial charge in [-0.05, 0) is 18.8 Å². The second kappa shape index (κ2) is 4.47. The second-order valence-corrected chi connectivity index (χ2v) is 4.80. The van der Waals surface area contributed by atoms with Crippen LogP contribution in [-0.4, -0.2) is 42.7 Å². The predicted octanol–water partition coefficient (Wildman–Crippen LogP) is 0.945. The van der Waals surface area contributed by atoms with Crippen molar-refractivity contribution in [1.29, 1.82) is 0 Å².